The Morgan fingerprint density at radius 1 is 1.14 bits per heavy atom. The van der Waals surface area contributed by atoms with Crippen LogP contribution in [0.3, 0.4) is 0 Å². The SMILES string of the molecule is Cc1ccnc(N2CCCC2)c1-c1cc(Cl)c2cnc(NC(=O)[C@H]3C[C@@H]3c3cnn(C)c3)cc2c1. The third-order valence-electron chi connectivity index (χ3n) is 7.15. The van der Waals surface area contributed by atoms with Crippen molar-refractivity contribution in [2.45, 2.75) is 32.1 Å². The van der Waals surface area contributed by atoms with Crippen LogP contribution in [0, 0.1) is 12.8 Å². The fourth-order valence-electron chi connectivity index (χ4n) is 5.20. The molecule has 1 aliphatic heterocycles. The quantitative estimate of drug-likeness (QED) is 0.412. The summed E-state index contributed by atoms with van der Waals surface area (Å²) in [6.45, 7) is 4.15. The first kappa shape index (κ1) is 22.0. The number of carbonyl (C=O) groups excluding carboxylic acids is 1. The Morgan fingerprint density at radius 3 is 2.74 bits per heavy atom. The third kappa shape index (κ3) is 4.14. The minimum absolute atomic E-state index is 0.00706. The summed E-state index contributed by atoms with van der Waals surface area (Å²) in [5, 5.41) is 9.66. The molecule has 7 nitrogen and oxygen atoms in total. The summed E-state index contributed by atoms with van der Waals surface area (Å²) in [6, 6.07) is 8.07. The van der Waals surface area contributed by atoms with Crippen LogP contribution in [0.15, 0.2) is 49.1 Å². The van der Waals surface area contributed by atoms with Crippen molar-refractivity contribution in [2.24, 2.45) is 13.0 Å². The molecule has 8 heteroatoms. The van der Waals surface area contributed by atoms with E-state index in [1.165, 1.54) is 12.8 Å². The van der Waals surface area contributed by atoms with E-state index in [1.54, 1.807) is 10.9 Å². The smallest absolute Gasteiger partial charge is 0.229 e. The third-order valence-corrected chi connectivity index (χ3v) is 7.46. The topological polar surface area (TPSA) is 75.9 Å². The molecule has 1 amide bonds. The molecule has 6 rings (SSSR count). The first-order valence-electron chi connectivity index (χ1n) is 12.1. The van der Waals surface area contributed by atoms with Crippen molar-refractivity contribution >= 4 is 39.9 Å². The number of nitrogens with zero attached hydrogens (tertiary/aromatic N) is 5. The van der Waals surface area contributed by atoms with Gasteiger partial charge in [0.1, 0.15) is 11.6 Å². The van der Waals surface area contributed by atoms with Crippen LogP contribution in [0.2, 0.25) is 5.02 Å². The summed E-state index contributed by atoms with van der Waals surface area (Å²) in [7, 11) is 1.89. The summed E-state index contributed by atoms with van der Waals surface area (Å²) in [5.41, 5.74) is 4.40. The van der Waals surface area contributed by atoms with Crippen molar-refractivity contribution in [3.63, 3.8) is 0 Å². The van der Waals surface area contributed by atoms with Crippen LogP contribution in [-0.4, -0.2) is 38.7 Å². The number of rotatable bonds is 5. The van der Waals surface area contributed by atoms with Gasteiger partial charge in [0.15, 0.2) is 0 Å². The van der Waals surface area contributed by atoms with Crippen molar-refractivity contribution < 1.29 is 4.79 Å². The van der Waals surface area contributed by atoms with Gasteiger partial charge in [-0.15, -0.1) is 0 Å². The van der Waals surface area contributed by atoms with Crippen molar-refractivity contribution in [2.75, 3.05) is 23.3 Å². The second-order valence-electron chi connectivity index (χ2n) is 9.65. The molecular weight excluding hydrogens is 460 g/mol. The summed E-state index contributed by atoms with van der Waals surface area (Å²) in [6.07, 6.45) is 10.6. The highest BCUT2D eigenvalue weighted by molar-refractivity contribution is 6.36. The first-order valence-corrected chi connectivity index (χ1v) is 12.5. The molecular formula is C27H27ClN6O. The van der Waals surface area contributed by atoms with Crippen molar-refractivity contribution in [3.05, 3.63) is 65.2 Å². The molecule has 2 fully saturated rings. The predicted octanol–water partition coefficient (Wildman–Crippen LogP) is 5.33. The number of aryl methyl sites for hydroxylation is 2. The molecule has 1 aromatic carbocycles. The molecule has 0 bridgehead atoms. The van der Waals surface area contributed by atoms with E-state index in [0.29, 0.717) is 10.8 Å². The highest BCUT2D eigenvalue weighted by Crippen LogP contribution is 2.48. The fourth-order valence-corrected chi connectivity index (χ4v) is 5.47. The number of hydrogen-bond acceptors (Lipinski definition) is 5. The molecule has 4 heterocycles. The summed E-state index contributed by atoms with van der Waals surface area (Å²) >= 11 is 6.71. The molecule has 1 saturated heterocycles. The van der Waals surface area contributed by atoms with E-state index < -0.39 is 0 Å². The van der Waals surface area contributed by atoms with E-state index in [4.69, 9.17) is 16.6 Å². The lowest BCUT2D eigenvalue weighted by molar-refractivity contribution is -0.117. The van der Waals surface area contributed by atoms with Crippen molar-refractivity contribution in [1.29, 1.82) is 0 Å². The van der Waals surface area contributed by atoms with Gasteiger partial charge in [-0.3, -0.25) is 9.48 Å². The van der Waals surface area contributed by atoms with Gasteiger partial charge in [0, 0.05) is 55.6 Å². The zero-order valence-corrected chi connectivity index (χ0v) is 20.6. The molecule has 1 N–H and O–H groups in total. The van der Waals surface area contributed by atoms with Crippen LogP contribution >= 0.6 is 11.6 Å². The van der Waals surface area contributed by atoms with Gasteiger partial charge in [-0.25, -0.2) is 9.97 Å². The van der Waals surface area contributed by atoms with Gasteiger partial charge in [0.05, 0.1) is 11.2 Å². The maximum absolute atomic E-state index is 12.9. The van der Waals surface area contributed by atoms with Crippen molar-refractivity contribution in [3.8, 4) is 11.1 Å². The number of halogens is 1. The molecule has 178 valence electrons. The Hall–Kier alpha value is -3.45. The van der Waals surface area contributed by atoms with Gasteiger partial charge in [-0.05, 0) is 78.4 Å². The largest absolute Gasteiger partial charge is 0.356 e. The Kier molecular flexibility index (Phi) is 5.44. The van der Waals surface area contributed by atoms with Crippen LogP contribution < -0.4 is 10.2 Å². The molecule has 4 aromatic rings. The number of pyridine rings is 2. The zero-order chi connectivity index (χ0) is 24.1. The van der Waals surface area contributed by atoms with E-state index >= 15 is 0 Å². The minimum atomic E-state index is -0.0484. The molecule has 0 unspecified atom stereocenters. The lowest BCUT2D eigenvalue weighted by Crippen LogP contribution is -2.20. The molecule has 0 spiro atoms. The maximum Gasteiger partial charge on any atom is 0.229 e. The number of benzene rings is 1. The molecule has 0 radical (unpaired) electrons. The van der Waals surface area contributed by atoms with Crippen LogP contribution in [-0.2, 0) is 11.8 Å². The first-order chi connectivity index (χ1) is 17.0. The van der Waals surface area contributed by atoms with Crippen LogP contribution in [0.5, 0.6) is 0 Å². The van der Waals surface area contributed by atoms with E-state index in [1.807, 2.05) is 43.8 Å². The highest BCUT2D eigenvalue weighted by Gasteiger charge is 2.44. The van der Waals surface area contributed by atoms with Gasteiger partial charge in [0.25, 0.3) is 0 Å². The fraction of sp³-hybridized carbons (Fsp3) is 0.333. The Morgan fingerprint density at radius 2 is 1.97 bits per heavy atom. The number of carbonyl (C=O) groups is 1. The average molecular weight is 487 g/mol. The number of hydrogen-bond donors (Lipinski definition) is 1. The number of nitrogens with one attached hydrogen (secondary N) is 1. The monoisotopic (exact) mass is 486 g/mol. The van der Waals surface area contributed by atoms with Gasteiger partial charge >= 0.3 is 0 Å². The standard InChI is InChI=1S/C27H27ClN6O/c1-16-5-6-29-26(34-7-3-4-8-34)25(16)18-9-17-11-24(30-14-22(17)23(28)10-18)32-27(35)21-12-20(21)19-13-31-33(2)15-19/h5-6,9-11,13-15,20-21H,3-4,7-8,12H2,1-2H3,(H,30,32,35)/t20-,21+/m1/s1. The molecule has 35 heavy (non-hydrogen) atoms. The molecule has 3 aromatic heterocycles. The number of amides is 1. The van der Waals surface area contributed by atoms with E-state index in [-0.39, 0.29) is 17.7 Å². The van der Waals surface area contributed by atoms with Crippen LogP contribution in [0.4, 0.5) is 11.6 Å². The summed E-state index contributed by atoms with van der Waals surface area (Å²) < 4.78 is 1.77. The van der Waals surface area contributed by atoms with E-state index in [0.717, 1.165) is 58.4 Å². The Balaban J connectivity index is 1.30. The number of aromatic nitrogens is 4. The van der Waals surface area contributed by atoms with E-state index in [2.05, 4.69) is 33.3 Å². The second-order valence-corrected chi connectivity index (χ2v) is 10.1. The van der Waals surface area contributed by atoms with Crippen LogP contribution in [0.25, 0.3) is 21.9 Å². The Labute approximate surface area is 209 Å². The second kappa shape index (κ2) is 8.64. The summed E-state index contributed by atoms with van der Waals surface area (Å²) in [5.74, 6) is 1.72. The highest BCUT2D eigenvalue weighted by atomic mass is 35.5. The number of fused-ring (bicyclic) bond motifs is 1. The predicted molar refractivity (Wildman–Crippen MR) is 139 cm³/mol. The lowest BCUT2D eigenvalue weighted by Gasteiger charge is -2.22. The number of anilines is 2. The molecule has 2 atom stereocenters. The van der Waals surface area contributed by atoms with Gasteiger partial charge in [-0.2, -0.15) is 5.10 Å². The van der Waals surface area contributed by atoms with Gasteiger partial charge in [0.2, 0.25) is 5.91 Å². The van der Waals surface area contributed by atoms with Gasteiger partial charge < -0.3 is 10.2 Å². The van der Waals surface area contributed by atoms with E-state index in [9.17, 15) is 4.79 Å². The summed E-state index contributed by atoms with van der Waals surface area (Å²) in [4.78, 5) is 24.4. The van der Waals surface area contributed by atoms with Gasteiger partial charge in [-0.1, -0.05) is 11.6 Å². The lowest BCUT2D eigenvalue weighted by atomic mass is 9.98. The maximum atomic E-state index is 12.9. The molecule has 1 aliphatic carbocycles. The van der Waals surface area contributed by atoms with Crippen LogP contribution in [0.1, 0.15) is 36.3 Å². The zero-order valence-electron chi connectivity index (χ0n) is 19.8. The molecule has 1 saturated carbocycles. The van der Waals surface area contributed by atoms with Crippen molar-refractivity contribution in [1.82, 2.24) is 19.7 Å². The molecule has 2 aliphatic rings. The minimum Gasteiger partial charge on any atom is -0.356 e. The normalized spacial score (nSPS) is 19.3. The average Bonchev–Trinajstić information content (AvgIpc) is 3.21. The Bertz CT molecular complexity index is 1440.